The summed E-state index contributed by atoms with van der Waals surface area (Å²) in [6.45, 7) is 1.45. The molecule has 2 N–H and O–H groups in total. The first kappa shape index (κ1) is 21.9. The van der Waals surface area contributed by atoms with Gasteiger partial charge in [0.1, 0.15) is 5.76 Å². The molecule has 1 aliphatic carbocycles. The average molecular weight is 411 g/mol. The summed E-state index contributed by atoms with van der Waals surface area (Å²) in [6, 6.07) is 12.3. The van der Waals surface area contributed by atoms with E-state index in [4.69, 9.17) is 9.41 Å². The molecular weight excluding hydrogens is 376 g/mol. The minimum absolute atomic E-state index is 0.0314. The molecule has 0 spiro atoms. The van der Waals surface area contributed by atoms with E-state index in [-0.39, 0.29) is 5.91 Å². The minimum Gasteiger partial charge on any atom is -0.469 e. The highest BCUT2D eigenvalue weighted by Gasteiger charge is 2.15. The van der Waals surface area contributed by atoms with Gasteiger partial charge in [0.2, 0.25) is 0 Å². The molecule has 0 radical (unpaired) electrons. The van der Waals surface area contributed by atoms with Gasteiger partial charge in [0.25, 0.3) is 5.91 Å². The van der Waals surface area contributed by atoms with Crippen molar-refractivity contribution in [1.29, 1.82) is 0 Å². The van der Waals surface area contributed by atoms with Crippen LogP contribution < -0.4 is 10.6 Å². The molecule has 0 saturated heterocycles. The molecule has 0 aliphatic heterocycles. The Hall–Kier alpha value is -2.76. The predicted octanol–water partition coefficient (Wildman–Crippen LogP) is 3.63. The molecule has 30 heavy (non-hydrogen) atoms. The maximum Gasteiger partial charge on any atom is 0.253 e. The quantitative estimate of drug-likeness (QED) is 0.515. The van der Waals surface area contributed by atoms with Crippen LogP contribution in [0.2, 0.25) is 0 Å². The molecule has 0 atom stereocenters. The maximum absolute atomic E-state index is 12.2. The standard InChI is InChI=1S/C24H34N4O2/c1-28(2)23(29)20-9-6-8-19(18-20)13-15-25-24(27-21-10-4-3-5-11-21)26-16-14-22-12-7-17-30-22/h6-9,12,17-18,21H,3-5,10-11,13-16H2,1-2H3,(H2,25,26,27). The molecule has 1 fully saturated rings. The molecule has 3 rings (SSSR count). The molecule has 1 aliphatic rings. The monoisotopic (exact) mass is 410 g/mol. The van der Waals surface area contributed by atoms with Crippen LogP contribution in [0.15, 0.2) is 52.1 Å². The fourth-order valence-corrected chi connectivity index (χ4v) is 3.77. The van der Waals surface area contributed by atoms with Gasteiger partial charge in [-0.2, -0.15) is 0 Å². The van der Waals surface area contributed by atoms with Crippen LogP contribution in [0.25, 0.3) is 0 Å². The Balaban J connectivity index is 1.55. The first-order valence-electron chi connectivity index (χ1n) is 11.0. The number of amides is 1. The van der Waals surface area contributed by atoms with Crippen LogP contribution in [0.3, 0.4) is 0 Å². The second kappa shape index (κ2) is 11.4. The zero-order valence-electron chi connectivity index (χ0n) is 18.2. The van der Waals surface area contributed by atoms with Crippen LogP contribution in [-0.2, 0) is 12.8 Å². The van der Waals surface area contributed by atoms with E-state index in [2.05, 4.69) is 16.7 Å². The van der Waals surface area contributed by atoms with Crippen molar-refractivity contribution >= 4 is 11.9 Å². The summed E-state index contributed by atoms with van der Waals surface area (Å²) < 4.78 is 5.41. The van der Waals surface area contributed by atoms with Crippen LogP contribution >= 0.6 is 0 Å². The first-order valence-corrected chi connectivity index (χ1v) is 11.0. The van der Waals surface area contributed by atoms with E-state index in [9.17, 15) is 4.79 Å². The van der Waals surface area contributed by atoms with E-state index in [1.807, 2.05) is 30.3 Å². The van der Waals surface area contributed by atoms with E-state index < -0.39 is 0 Å². The lowest BCUT2D eigenvalue weighted by Crippen LogP contribution is -2.45. The van der Waals surface area contributed by atoms with Gasteiger partial charge in [-0.15, -0.1) is 0 Å². The van der Waals surface area contributed by atoms with Crippen LogP contribution in [0.5, 0.6) is 0 Å². The number of hydrogen-bond acceptors (Lipinski definition) is 3. The number of guanidine groups is 1. The van der Waals surface area contributed by atoms with E-state index in [0.717, 1.165) is 42.2 Å². The number of rotatable bonds is 8. The van der Waals surface area contributed by atoms with Gasteiger partial charge in [-0.3, -0.25) is 9.79 Å². The fourth-order valence-electron chi connectivity index (χ4n) is 3.77. The maximum atomic E-state index is 12.2. The molecule has 6 heteroatoms. The molecule has 0 bridgehead atoms. The van der Waals surface area contributed by atoms with E-state index >= 15 is 0 Å². The molecule has 6 nitrogen and oxygen atoms in total. The lowest BCUT2D eigenvalue weighted by atomic mass is 9.96. The number of nitrogens with zero attached hydrogens (tertiary/aromatic N) is 2. The number of carbonyl (C=O) groups excluding carboxylic acids is 1. The summed E-state index contributed by atoms with van der Waals surface area (Å²) >= 11 is 0. The van der Waals surface area contributed by atoms with Gasteiger partial charge in [0.05, 0.1) is 6.26 Å². The van der Waals surface area contributed by atoms with Gasteiger partial charge in [-0.1, -0.05) is 31.4 Å². The lowest BCUT2D eigenvalue weighted by Gasteiger charge is -2.25. The van der Waals surface area contributed by atoms with E-state index in [1.165, 1.54) is 32.1 Å². The highest BCUT2D eigenvalue weighted by atomic mass is 16.3. The van der Waals surface area contributed by atoms with Crippen LogP contribution in [-0.4, -0.2) is 50.0 Å². The molecule has 1 heterocycles. The highest BCUT2D eigenvalue weighted by molar-refractivity contribution is 5.94. The third-order valence-electron chi connectivity index (χ3n) is 5.44. The van der Waals surface area contributed by atoms with Crippen molar-refractivity contribution in [3.05, 3.63) is 59.5 Å². The Morgan fingerprint density at radius 1 is 1.13 bits per heavy atom. The molecule has 1 saturated carbocycles. The van der Waals surface area contributed by atoms with Gasteiger partial charge in [-0.05, 0) is 49.1 Å². The van der Waals surface area contributed by atoms with Crippen molar-refractivity contribution in [2.24, 2.45) is 4.99 Å². The lowest BCUT2D eigenvalue weighted by molar-refractivity contribution is 0.0827. The molecule has 2 aromatic rings. The van der Waals surface area contributed by atoms with E-state index in [1.54, 1.807) is 25.3 Å². The van der Waals surface area contributed by atoms with E-state index in [0.29, 0.717) is 12.6 Å². The molecule has 162 valence electrons. The molecular formula is C24H34N4O2. The molecule has 1 aromatic carbocycles. The van der Waals surface area contributed by atoms with Gasteiger partial charge < -0.3 is 20.0 Å². The largest absolute Gasteiger partial charge is 0.469 e. The normalized spacial score (nSPS) is 15.1. The smallest absolute Gasteiger partial charge is 0.253 e. The van der Waals surface area contributed by atoms with Gasteiger partial charge in [-0.25, -0.2) is 0 Å². The zero-order chi connectivity index (χ0) is 21.2. The van der Waals surface area contributed by atoms with Crippen molar-refractivity contribution in [1.82, 2.24) is 15.5 Å². The van der Waals surface area contributed by atoms with Crippen molar-refractivity contribution in [2.45, 2.75) is 51.0 Å². The third kappa shape index (κ3) is 6.94. The van der Waals surface area contributed by atoms with Crippen LogP contribution in [0, 0.1) is 0 Å². The molecule has 0 unspecified atom stereocenters. The van der Waals surface area contributed by atoms with Crippen LogP contribution in [0.1, 0.15) is 53.8 Å². The number of hydrogen-bond donors (Lipinski definition) is 2. The minimum atomic E-state index is 0.0314. The topological polar surface area (TPSA) is 69.9 Å². The summed E-state index contributed by atoms with van der Waals surface area (Å²) in [5.41, 5.74) is 1.87. The van der Waals surface area contributed by atoms with Crippen molar-refractivity contribution in [3.63, 3.8) is 0 Å². The van der Waals surface area contributed by atoms with Crippen molar-refractivity contribution < 1.29 is 9.21 Å². The number of benzene rings is 1. The number of carbonyl (C=O) groups is 1. The second-order valence-electron chi connectivity index (χ2n) is 8.12. The Bertz CT molecular complexity index is 808. The summed E-state index contributed by atoms with van der Waals surface area (Å²) in [5.74, 6) is 1.86. The Morgan fingerprint density at radius 2 is 1.97 bits per heavy atom. The zero-order valence-corrected chi connectivity index (χ0v) is 18.2. The highest BCUT2D eigenvalue weighted by Crippen LogP contribution is 2.17. The summed E-state index contributed by atoms with van der Waals surface area (Å²) in [4.78, 5) is 18.6. The summed E-state index contributed by atoms with van der Waals surface area (Å²) in [5, 5.41) is 7.09. The first-order chi connectivity index (χ1) is 14.6. The molecule has 1 aromatic heterocycles. The SMILES string of the molecule is CN(C)C(=O)c1cccc(CCNC(=NCCc2ccco2)NC2CCCCC2)c1. The predicted molar refractivity (Wildman–Crippen MR) is 121 cm³/mol. The Morgan fingerprint density at radius 3 is 2.70 bits per heavy atom. The average Bonchev–Trinajstić information content (AvgIpc) is 3.27. The van der Waals surface area contributed by atoms with Gasteiger partial charge in [0.15, 0.2) is 5.96 Å². The second-order valence-corrected chi connectivity index (χ2v) is 8.12. The third-order valence-corrected chi connectivity index (χ3v) is 5.44. The van der Waals surface area contributed by atoms with Crippen LogP contribution in [0.4, 0.5) is 0 Å². The van der Waals surface area contributed by atoms with Crippen molar-refractivity contribution in [3.8, 4) is 0 Å². The fraction of sp³-hybridized carbons (Fsp3) is 0.500. The summed E-state index contributed by atoms with van der Waals surface area (Å²) in [7, 11) is 3.55. The van der Waals surface area contributed by atoms with Crippen molar-refractivity contribution in [2.75, 3.05) is 27.2 Å². The van der Waals surface area contributed by atoms with Gasteiger partial charge in [0, 0.05) is 45.2 Å². The van der Waals surface area contributed by atoms with Gasteiger partial charge >= 0.3 is 0 Å². The number of furan rings is 1. The summed E-state index contributed by atoms with van der Waals surface area (Å²) in [6.07, 6.45) is 9.62. The Labute approximate surface area is 179 Å². The number of aliphatic imine (C=N–C) groups is 1. The molecule has 1 amide bonds. The number of nitrogens with one attached hydrogen (secondary N) is 2. The Kier molecular flexibility index (Phi) is 8.36.